The minimum atomic E-state index is 0.577. The molecule has 3 heteroatoms. The molecular weight excluding hydrogens is 198 g/mol. The lowest BCUT2D eigenvalue weighted by Crippen LogP contribution is -2.45. The van der Waals surface area contributed by atoms with Crippen LogP contribution in [0.3, 0.4) is 0 Å². The summed E-state index contributed by atoms with van der Waals surface area (Å²) in [6.07, 6.45) is 0. The third-order valence-corrected chi connectivity index (χ3v) is 3.50. The fourth-order valence-corrected chi connectivity index (χ4v) is 2.72. The minimum absolute atomic E-state index is 0.577. The summed E-state index contributed by atoms with van der Waals surface area (Å²) in [7, 11) is 0. The van der Waals surface area contributed by atoms with Gasteiger partial charge >= 0.3 is 0 Å². The average molecular weight is 221 g/mol. The van der Waals surface area contributed by atoms with Crippen molar-refractivity contribution in [2.45, 2.75) is 26.8 Å². The van der Waals surface area contributed by atoms with Crippen LogP contribution in [0.2, 0.25) is 0 Å². The molecule has 16 heavy (non-hydrogen) atoms. The molecule has 2 rings (SSSR count). The summed E-state index contributed by atoms with van der Waals surface area (Å²) in [5.41, 5.74) is 2.75. The molecule has 0 spiro atoms. The van der Waals surface area contributed by atoms with Crippen LogP contribution in [0.1, 0.15) is 24.4 Å². The van der Waals surface area contributed by atoms with Crippen LogP contribution in [0.5, 0.6) is 0 Å². The smallest absolute Gasteiger partial charge is 0.0434 e. The van der Waals surface area contributed by atoms with Crippen molar-refractivity contribution < 1.29 is 0 Å². The molecule has 0 bridgehead atoms. The second-order valence-electron chi connectivity index (χ2n) is 4.89. The Morgan fingerprint density at radius 1 is 1.19 bits per heavy atom. The van der Waals surface area contributed by atoms with Crippen molar-refractivity contribution >= 4 is 0 Å². The van der Waals surface area contributed by atoms with Crippen molar-refractivity contribution in [3.63, 3.8) is 0 Å². The van der Waals surface area contributed by atoms with Crippen LogP contribution in [-0.2, 0) is 0 Å². The van der Waals surface area contributed by atoms with Crippen LogP contribution in [0, 0.1) is 13.8 Å². The molecule has 0 saturated carbocycles. The Kier molecular flexibility index (Phi) is 3.66. The van der Waals surface area contributed by atoms with E-state index < -0.39 is 0 Å². The maximum Gasteiger partial charge on any atom is 0.0434 e. The van der Waals surface area contributed by atoms with Gasteiger partial charge in [-0.1, -0.05) is 0 Å². The average Bonchev–Trinajstić information content (AvgIpc) is 2.60. The second kappa shape index (κ2) is 5.02. The van der Waals surface area contributed by atoms with E-state index in [1.807, 2.05) is 0 Å². The number of nitrogens with one attached hydrogen (secondary N) is 1. The number of piperazine rings is 1. The van der Waals surface area contributed by atoms with Gasteiger partial charge in [0.25, 0.3) is 0 Å². The quantitative estimate of drug-likeness (QED) is 0.836. The number of rotatable bonds is 3. The number of aromatic nitrogens is 1. The molecule has 1 saturated heterocycles. The minimum Gasteiger partial charge on any atom is -0.345 e. The Balaban J connectivity index is 1.99. The van der Waals surface area contributed by atoms with E-state index >= 15 is 0 Å². The van der Waals surface area contributed by atoms with Gasteiger partial charge in [-0.25, -0.2) is 0 Å². The molecule has 1 unspecified atom stereocenters. The first kappa shape index (κ1) is 11.7. The summed E-state index contributed by atoms with van der Waals surface area (Å²) >= 11 is 0. The number of hydrogen-bond acceptors (Lipinski definition) is 2. The molecular formula is C13H23N3. The SMILES string of the molecule is Cc1ccc(C)n1C(C)CN1CCNCC1. The van der Waals surface area contributed by atoms with Crippen molar-refractivity contribution in [3.8, 4) is 0 Å². The van der Waals surface area contributed by atoms with E-state index in [1.54, 1.807) is 0 Å². The van der Waals surface area contributed by atoms with Crippen LogP contribution < -0.4 is 5.32 Å². The predicted molar refractivity (Wildman–Crippen MR) is 67.9 cm³/mol. The third kappa shape index (κ3) is 2.47. The topological polar surface area (TPSA) is 20.2 Å². The van der Waals surface area contributed by atoms with Gasteiger partial charge in [0, 0.05) is 50.2 Å². The van der Waals surface area contributed by atoms with Gasteiger partial charge in [0.2, 0.25) is 0 Å². The third-order valence-electron chi connectivity index (χ3n) is 3.50. The van der Waals surface area contributed by atoms with Crippen LogP contribution in [0.25, 0.3) is 0 Å². The van der Waals surface area contributed by atoms with Crippen molar-refractivity contribution in [2.75, 3.05) is 32.7 Å². The molecule has 1 aromatic rings. The number of aryl methyl sites for hydroxylation is 2. The molecule has 1 aliphatic heterocycles. The lowest BCUT2D eigenvalue weighted by molar-refractivity contribution is 0.211. The first-order valence-electron chi connectivity index (χ1n) is 6.26. The second-order valence-corrected chi connectivity index (χ2v) is 4.89. The molecule has 1 aromatic heterocycles. The zero-order valence-corrected chi connectivity index (χ0v) is 10.7. The normalized spacial score (nSPS) is 19.9. The molecule has 3 nitrogen and oxygen atoms in total. The summed E-state index contributed by atoms with van der Waals surface area (Å²) in [5, 5.41) is 3.40. The maximum atomic E-state index is 3.40. The molecule has 0 aromatic carbocycles. The largest absolute Gasteiger partial charge is 0.345 e. The van der Waals surface area contributed by atoms with Gasteiger partial charge in [-0.3, -0.25) is 4.90 Å². The zero-order valence-electron chi connectivity index (χ0n) is 10.7. The summed E-state index contributed by atoms with van der Waals surface area (Å²) in [6, 6.07) is 5.00. The van der Waals surface area contributed by atoms with Crippen LogP contribution in [0.15, 0.2) is 12.1 Å². The van der Waals surface area contributed by atoms with Gasteiger partial charge in [-0.15, -0.1) is 0 Å². The van der Waals surface area contributed by atoms with Gasteiger partial charge in [-0.05, 0) is 32.9 Å². The Labute approximate surface area is 98.4 Å². The first-order valence-corrected chi connectivity index (χ1v) is 6.26. The standard InChI is InChI=1S/C13H23N3/c1-11-4-5-12(2)16(11)13(3)10-15-8-6-14-7-9-15/h4-5,13-14H,6-10H2,1-3H3. The molecule has 0 aliphatic carbocycles. The van der Waals surface area contributed by atoms with E-state index in [9.17, 15) is 0 Å². The Bertz CT molecular complexity index is 317. The van der Waals surface area contributed by atoms with E-state index in [0.717, 1.165) is 19.6 Å². The van der Waals surface area contributed by atoms with Gasteiger partial charge in [0.1, 0.15) is 0 Å². The number of nitrogens with zero attached hydrogens (tertiary/aromatic N) is 2. The highest BCUT2D eigenvalue weighted by atomic mass is 15.2. The highest BCUT2D eigenvalue weighted by Crippen LogP contribution is 2.16. The van der Waals surface area contributed by atoms with Crippen molar-refractivity contribution in [1.29, 1.82) is 0 Å². The Morgan fingerprint density at radius 2 is 1.75 bits per heavy atom. The number of hydrogen-bond donors (Lipinski definition) is 1. The van der Waals surface area contributed by atoms with E-state index in [0.29, 0.717) is 6.04 Å². The van der Waals surface area contributed by atoms with Gasteiger partial charge in [-0.2, -0.15) is 0 Å². The summed E-state index contributed by atoms with van der Waals surface area (Å²) < 4.78 is 2.45. The van der Waals surface area contributed by atoms with Crippen LogP contribution >= 0.6 is 0 Å². The fourth-order valence-electron chi connectivity index (χ4n) is 2.72. The van der Waals surface area contributed by atoms with E-state index in [-0.39, 0.29) is 0 Å². The van der Waals surface area contributed by atoms with Crippen LogP contribution in [0.4, 0.5) is 0 Å². The van der Waals surface area contributed by atoms with Crippen molar-refractivity contribution in [3.05, 3.63) is 23.5 Å². The van der Waals surface area contributed by atoms with E-state index in [4.69, 9.17) is 0 Å². The summed E-state index contributed by atoms with van der Waals surface area (Å²) in [4.78, 5) is 2.56. The molecule has 90 valence electrons. The molecule has 1 N–H and O–H groups in total. The van der Waals surface area contributed by atoms with Gasteiger partial charge in [0.15, 0.2) is 0 Å². The van der Waals surface area contributed by atoms with Gasteiger partial charge < -0.3 is 9.88 Å². The highest BCUT2D eigenvalue weighted by molar-refractivity contribution is 5.14. The molecule has 1 fully saturated rings. The fraction of sp³-hybridized carbons (Fsp3) is 0.692. The Morgan fingerprint density at radius 3 is 2.31 bits per heavy atom. The van der Waals surface area contributed by atoms with Crippen molar-refractivity contribution in [2.24, 2.45) is 0 Å². The lowest BCUT2D eigenvalue weighted by Gasteiger charge is -2.31. The molecule has 2 heterocycles. The Hall–Kier alpha value is -0.800. The first-order chi connectivity index (χ1) is 7.68. The van der Waals surface area contributed by atoms with E-state index in [2.05, 4.69) is 47.7 Å². The molecule has 0 amide bonds. The van der Waals surface area contributed by atoms with Crippen LogP contribution in [-0.4, -0.2) is 42.2 Å². The monoisotopic (exact) mass is 221 g/mol. The molecule has 1 aliphatic rings. The summed E-state index contributed by atoms with van der Waals surface area (Å²) in [5.74, 6) is 0. The summed E-state index contributed by atoms with van der Waals surface area (Å²) in [6.45, 7) is 12.5. The van der Waals surface area contributed by atoms with Crippen molar-refractivity contribution in [1.82, 2.24) is 14.8 Å². The van der Waals surface area contributed by atoms with Gasteiger partial charge in [0.05, 0.1) is 0 Å². The molecule has 1 atom stereocenters. The predicted octanol–water partition coefficient (Wildman–Crippen LogP) is 1.57. The maximum absolute atomic E-state index is 3.40. The lowest BCUT2D eigenvalue weighted by atomic mass is 10.2. The van der Waals surface area contributed by atoms with E-state index in [1.165, 1.54) is 24.5 Å². The highest BCUT2D eigenvalue weighted by Gasteiger charge is 2.15. The molecule has 0 radical (unpaired) electrons. The zero-order chi connectivity index (χ0) is 11.5.